The molecule has 110 valence electrons. The summed E-state index contributed by atoms with van der Waals surface area (Å²) in [5.74, 6) is 0.782. The van der Waals surface area contributed by atoms with Crippen molar-refractivity contribution in [3.05, 3.63) is 28.8 Å². The zero-order valence-electron chi connectivity index (χ0n) is 12.7. The number of nitrogens with two attached hydrogens (primary N) is 1. The number of nitriles is 1. The first kappa shape index (κ1) is 13.2. The minimum absolute atomic E-state index is 0.338. The number of benzene rings is 1. The number of anilines is 1. The fraction of sp³-hybridized carbons (Fsp3) is 0.611. The van der Waals surface area contributed by atoms with Crippen molar-refractivity contribution in [1.29, 1.82) is 5.26 Å². The number of likely N-dealkylation sites (tertiary alicyclic amines) is 1. The summed E-state index contributed by atoms with van der Waals surface area (Å²) in [7, 11) is 2.27. The molecule has 0 unspecified atom stereocenters. The lowest BCUT2D eigenvalue weighted by Gasteiger charge is -2.58. The molecule has 1 saturated carbocycles. The van der Waals surface area contributed by atoms with Gasteiger partial charge in [0.2, 0.25) is 0 Å². The van der Waals surface area contributed by atoms with Gasteiger partial charge in [0.05, 0.1) is 5.56 Å². The van der Waals surface area contributed by atoms with Crippen molar-refractivity contribution < 1.29 is 0 Å². The zero-order chi connectivity index (χ0) is 14.6. The van der Waals surface area contributed by atoms with Crippen LogP contribution >= 0.6 is 0 Å². The number of likely N-dealkylation sites (N-methyl/N-ethyl adjacent to an activating group) is 1. The van der Waals surface area contributed by atoms with Crippen LogP contribution in [-0.2, 0) is 11.8 Å². The van der Waals surface area contributed by atoms with Crippen LogP contribution in [-0.4, -0.2) is 24.5 Å². The van der Waals surface area contributed by atoms with Gasteiger partial charge in [-0.25, -0.2) is 0 Å². The van der Waals surface area contributed by atoms with Crippen LogP contribution in [0.15, 0.2) is 12.1 Å². The van der Waals surface area contributed by atoms with Crippen LogP contribution in [0.3, 0.4) is 0 Å². The first-order chi connectivity index (χ1) is 10.2. The predicted octanol–water partition coefficient (Wildman–Crippen LogP) is 2.83. The van der Waals surface area contributed by atoms with Crippen LogP contribution in [0, 0.1) is 17.2 Å². The minimum Gasteiger partial charge on any atom is -0.398 e. The molecule has 21 heavy (non-hydrogen) atoms. The summed E-state index contributed by atoms with van der Waals surface area (Å²) in [5.41, 5.74) is 10.7. The average molecular weight is 281 g/mol. The lowest BCUT2D eigenvalue weighted by molar-refractivity contribution is 0.00290. The van der Waals surface area contributed by atoms with Gasteiger partial charge in [0.1, 0.15) is 6.07 Å². The topological polar surface area (TPSA) is 53.0 Å². The van der Waals surface area contributed by atoms with Crippen LogP contribution in [0.5, 0.6) is 0 Å². The van der Waals surface area contributed by atoms with E-state index in [-0.39, 0.29) is 0 Å². The second kappa shape index (κ2) is 4.48. The summed E-state index contributed by atoms with van der Waals surface area (Å²) >= 11 is 0. The van der Waals surface area contributed by atoms with Gasteiger partial charge >= 0.3 is 0 Å². The maximum absolute atomic E-state index is 9.27. The van der Waals surface area contributed by atoms with Gasteiger partial charge in [0, 0.05) is 17.1 Å². The molecule has 1 aromatic carbocycles. The van der Waals surface area contributed by atoms with E-state index in [1.54, 1.807) is 0 Å². The molecular formula is C18H23N3. The Morgan fingerprint density at radius 1 is 1.33 bits per heavy atom. The number of rotatable bonds is 0. The molecule has 2 fully saturated rings. The summed E-state index contributed by atoms with van der Waals surface area (Å²) in [6.07, 6.45) is 7.72. The predicted molar refractivity (Wildman–Crippen MR) is 83.9 cm³/mol. The fourth-order valence-corrected chi connectivity index (χ4v) is 5.37. The Morgan fingerprint density at radius 3 is 3.00 bits per heavy atom. The van der Waals surface area contributed by atoms with Crippen LogP contribution < -0.4 is 5.73 Å². The van der Waals surface area contributed by atoms with Crippen LogP contribution in [0.25, 0.3) is 0 Å². The monoisotopic (exact) mass is 281 g/mol. The number of hydrogen-bond acceptors (Lipinski definition) is 3. The molecule has 3 atom stereocenters. The van der Waals surface area contributed by atoms with Crippen molar-refractivity contribution in [3.63, 3.8) is 0 Å². The van der Waals surface area contributed by atoms with Gasteiger partial charge in [-0.3, -0.25) is 0 Å². The molecule has 3 nitrogen and oxygen atoms in total. The van der Waals surface area contributed by atoms with E-state index >= 15 is 0 Å². The van der Waals surface area contributed by atoms with Crippen molar-refractivity contribution in [2.75, 3.05) is 19.3 Å². The average Bonchev–Trinajstić information content (AvgIpc) is 2.51. The molecule has 1 heterocycles. The standard InChI is InChI=1S/C18H23N3/c1-21-7-6-18-5-3-2-4-14(18)17(21)9-12-8-13(11-19)16(20)10-15(12)18/h8,10,14,17H,2-7,9,20H2,1H3/t14-,17+,18-/m0/s1. The van der Waals surface area contributed by atoms with Crippen molar-refractivity contribution in [2.24, 2.45) is 5.92 Å². The summed E-state index contributed by atoms with van der Waals surface area (Å²) in [4.78, 5) is 2.56. The Bertz CT molecular complexity index is 630. The molecule has 2 bridgehead atoms. The first-order valence-electron chi connectivity index (χ1n) is 8.19. The highest BCUT2D eigenvalue weighted by Crippen LogP contribution is 2.55. The van der Waals surface area contributed by atoms with E-state index in [1.165, 1.54) is 49.8 Å². The Morgan fingerprint density at radius 2 is 2.19 bits per heavy atom. The zero-order valence-corrected chi connectivity index (χ0v) is 12.7. The van der Waals surface area contributed by atoms with Crippen LogP contribution in [0.1, 0.15) is 48.8 Å². The number of piperidine rings is 1. The fourth-order valence-electron chi connectivity index (χ4n) is 5.37. The third kappa shape index (κ3) is 1.69. The van der Waals surface area contributed by atoms with Crippen molar-refractivity contribution in [2.45, 2.75) is 50.0 Å². The van der Waals surface area contributed by atoms with E-state index in [0.717, 1.165) is 12.3 Å². The lowest BCUT2D eigenvalue weighted by Crippen LogP contribution is -2.59. The summed E-state index contributed by atoms with van der Waals surface area (Å²) in [6, 6.07) is 7.13. The van der Waals surface area contributed by atoms with Gasteiger partial charge in [-0.2, -0.15) is 5.26 Å². The number of fused-ring (bicyclic) bond motifs is 1. The minimum atomic E-state index is 0.338. The Labute approximate surface area is 126 Å². The molecule has 1 saturated heterocycles. The number of hydrogen-bond donors (Lipinski definition) is 1. The summed E-state index contributed by atoms with van der Waals surface area (Å²) in [6.45, 7) is 1.19. The molecule has 2 aliphatic carbocycles. The third-order valence-electron chi connectivity index (χ3n) is 6.40. The Hall–Kier alpha value is -1.53. The van der Waals surface area contributed by atoms with Crippen LogP contribution in [0.2, 0.25) is 0 Å². The van der Waals surface area contributed by atoms with Crippen molar-refractivity contribution in [1.82, 2.24) is 4.90 Å². The van der Waals surface area contributed by atoms with Gasteiger partial charge in [-0.1, -0.05) is 12.8 Å². The summed E-state index contributed by atoms with van der Waals surface area (Å²) in [5, 5.41) is 9.27. The van der Waals surface area contributed by atoms with E-state index in [9.17, 15) is 5.26 Å². The molecule has 1 aliphatic heterocycles. The molecule has 3 heteroatoms. The second-order valence-electron chi connectivity index (χ2n) is 7.22. The summed E-state index contributed by atoms with van der Waals surface area (Å²) < 4.78 is 0. The lowest BCUT2D eigenvalue weighted by atomic mass is 9.52. The maximum atomic E-state index is 9.27. The van der Waals surface area contributed by atoms with E-state index < -0.39 is 0 Å². The number of nitrogen functional groups attached to an aromatic ring is 1. The van der Waals surface area contributed by atoms with E-state index in [4.69, 9.17) is 5.73 Å². The molecule has 0 radical (unpaired) electrons. The molecule has 2 N–H and O–H groups in total. The number of nitrogens with zero attached hydrogens (tertiary/aromatic N) is 2. The smallest absolute Gasteiger partial charge is 0.101 e. The molecule has 3 aliphatic rings. The van der Waals surface area contributed by atoms with E-state index in [0.29, 0.717) is 22.7 Å². The Kier molecular flexibility index (Phi) is 2.81. The highest BCUT2D eigenvalue weighted by Gasteiger charge is 2.53. The van der Waals surface area contributed by atoms with Crippen LogP contribution in [0.4, 0.5) is 5.69 Å². The molecule has 1 aromatic rings. The molecule has 4 rings (SSSR count). The molecule has 0 spiro atoms. The Balaban J connectivity index is 1.92. The van der Waals surface area contributed by atoms with E-state index in [2.05, 4.69) is 30.1 Å². The molecule has 0 amide bonds. The SMILES string of the molecule is CN1CC[C@@]23CCCC[C@H]2[C@H]1Cc1cc(C#N)c(N)cc13. The largest absolute Gasteiger partial charge is 0.398 e. The highest BCUT2D eigenvalue weighted by atomic mass is 15.1. The van der Waals surface area contributed by atoms with Gasteiger partial charge < -0.3 is 10.6 Å². The molecular weight excluding hydrogens is 258 g/mol. The van der Waals surface area contributed by atoms with Crippen molar-refractivity contribution in [3.8, 4) is 6.07 Å². The maximum Gasteiger partial charge on any atom is 0.101 e. The quantitative estimate of drug-likeness (QED) is 0.744. The van der Waals surface area contributed by atoms with Gasteiger partial charge in [0.25, 0.3) is 0 Å². The van der Waals surface area contributed by atoms with Gasteiger partial charge in [-0.15, -0.1) is 0 Å². The van der Waals surface area contributed by atoms with Gasteiger partial charge in [-0.05, 0) is 68.5 Å². The van der Waals surface area contributed by atoms with Gasteiger partial charge in [0.15, 0.2) is 0 Å². The van der Waals surface area contributed by atoms with Crippen molar-refractivity contribution >= 4 is 5.69 Å². The van der Waals surface area contributed by atoms with E-state index in [1.807, 2.05) is 0 Å². The normalized spacial score (nSPS) is 34.7. The highest BCUT2D eigenvalue weighted by molar-refractivity contribution is 5.60. The molecule has 0 aromatic heterocycles. The first-order valence-corrected chi connectivity index (χ1v) is 8.19. The second-order valence-corrected chi connectivity index (χ2v) is 7.22. The third-order valence-corrected chi connectivity index (χ3v) is 6.40.